The molecule has 3 saturated carbocycles. The van der Waals surface area contributed by atoms with Crippen LogP contribution in [0, 0.1) is 29.1 Å². The molecule has 0 spiro atoms. The van der Waals surface area contributed by atoms with Crippen LogP contribution in [0.2, 0.25) is 0 Å². The van der Waals surface area contributed by atoms with Crippen molar-refractivity contribution in [1.82, 2.24) is 10.2 Å². The predicted octanol–water partition coefficient (Wildman–Crippen LogP) is 1.85. The summed E-state index contributed by atoms with van der Waals surface area (Å²) < 4.78 is 0. The van der Waals surface area contributed by atoms with E-state index in [1.807, 2.05) is 0 Å². The van der Waals surface area contributed by atoms with Gasteiger partial charge in [0.25, 0.3) is 0 Å². The largest absolute Gasteiger partial charge is 0.329 e. The molecule has 3 nitrogen and oxygen atoms in total. The zero-order valence-electron chi connectivity index (χ0n) is 13.8. The third-order valence-corrected chi connectivity index (χ3v) is 6.87. The van der Waals surface area contributed by atoms with E-state index in [0.29, 0.717) is 11.5 Å². The monoisotopic (exact) mass is 289 g/mol. The highest BCUT2D eigenvalue weighted by Crippen LogP contribution is 2.79. The maximum Gasteiger partial charge on any atom is 0.0193 e. The highest BCUT2D eigenvalue weighted by Gasteiger charge is 2.76. The third kappa shape index (κ3) is 2.47. The van der Waals surface area contributed by atoms with E-state index in [0.717, 1.165) is 49.3 Å². The smallest absolute Gasteiger partial charge is 0.0193 e. The first kappa shape index (κ1) is 14.2. The summed E-state index contributed by atoms with van der Waals surface area (Å²) in [7, 11) is 0. The number of nitrogens with two attached hydrogens (primary N) is 1. The van der Waals surface area contributed by atoms with Gasteiger partial charge in [0.15, 0.2) is 0 Å². The quantitative estimate of drug-likeness (QED) is 0.637. The maximum absolute atomic E-state index is 5.84. The molecule has 6 unspecified atom stereocenters. The molecule has 7 atom stereocenters. The number of nitrogens with zero attached hydrogens (tertiary/aromatic N) is 1. The van der Waals surface area contributed by atoms with Crippen LogP contribution in [-0.2, 0) is 0 Å². The molecule has 0 saturated heterocycles. The number of allylic oxidation sites excluding steroid dienone is 1. The molecule has 3 N–H and O–H groups in total. The molecule has 0 bridgehead atoms. The second kappa shape index (κ2) is 4.81. The van der Waals surface area contributed by atoms with E-state index >= 15 is 0 Å². The van der Waals surface area contributed by atoms with E-state index < -0.39 is 0 Å². The topological polar surface area (TPSA) is 41.3 Å². The van der Waals surface area contributed by atoms with Crippen LogP contribution in [-0.4, -0.2) is 43.2 Å². The van der Waals surface area contributed by atoms with Crippen molar-refractivity contribution in [2.45, 2.75) is 45.7 Å². The van der Waals surface area contributed by atoms with Crippen LogP contribution in [0.4, 0.5) is 0 Å². The second-order valence-electron chi connectivity index (χ2n) is 8.25. The van der Waals surface area contributed by atoms with Crippen LogP contribution >= 0.6 is 0 Å². The molecule has 118 valence electrons. The van der Waals surface area contributed by atoms with Gasteiger partial charge in [0.1, 0.15) is 0 Å². The Morgan fingerprint density at radius 1 is 1.48 bits per heavy atom. The zero-order valence-corrected chi connectivity index (χ0v) is 13.8. The van der Waals surface area contributed by atoms with E-state index in [-0.39, 0.29) is 0 Å². The molecule has 4 aliphatic carbocycles. The molecule has 4 rings (SSSR count). The Balaban J connectivity index is 1.23. The third-order valence-electron chi connectivity index (χ3n) is 6.87. The molecule has 0 aromatic rings. The van der Waals surface area contributed by atoms with Crippen molar-refractivity contribution in [3.05, 3.63) is 11.6 Å². The lowest BCUT2D eigenvalue weighted by Gasteiger charge is -2.31. The molecular weight excluding hydrogens is 258 g/mol. The van der Waals surface area contributed by atoms with Gasteiger partial charge in [-0.05, 0) is 48.9 Å². The predicted molar refractivity (Wildman–Crippen MR) is 86.9 cm³/mol. The van der Waals surface area contributed by atoms with Crippen molar-refractivity contribution in [3.8, 4) is 0 Å². The van der Waals surface area contributed by atoms with Gasteiger partial charge >= 0.3 is 0 Å². The van der Waals surface area contributed by atoms with Gasteiger partial charge in [-0.3, -0.25) is 4.90 Å². The number of fused-ring (bicyclic) bond motifs is 1. The van der Waals surface area contributed by atoms with Crippen LogP contribution in [0.3, 0.4) is 0 Å². The zero-order chi connectivity index (χ0) is 14.8. The highest BCUT2D eigenvalue weighted by molar-refractivity contribution is 5.36. The lowest BCUT2D eigenvalue weighted by Crippen LogP contribution is -2.45. The van der Waals surface area contributed by atoms with Gasteiger partial charge in [-0.15, -0.1) is 0 Å². The van der Waals surface area contributed by atoms with Gasteiger partial charge < -0.3 is 11.1 Å². The summed E-state index contributed by atoms with van der Waals surface area (Å²) in [5.74, 6) is 3.70. The van der Waals surface area contributed by atoms with Crippen molar-refractivity contribution in [2.24, 2.45) is 34.8 Å². The van der Waals surface area contributed by atoms with Gasteiger partial charge in [0, 0.05) is 38.3 Å². The van der Waals surface area contributed by atoms with Crippen LogP contribution in [0.5, 0.6) is 0 Å². The molecule has 0 aliphatic heterocycles. The van der Waals surface area contributed by atoms with Gasteiger partial charge in [-0.25, -0.2) is 0 Å². The van der Waals surface area contributed by atoms with Gasteiger partial charge in [0.05, 0.1) is 0 Å². The molecule has 0 amide bonds. The summed E-state index contributed by atoms with van der Waals surface area (Å²) in [5.41, 5.74) is 8.26. The number of hydrogen-bond donors (Lipinski definition) is 2. The first-order valence-corrected chi connectivity index (χ1v) is 8.96. The molecule has 0 aromatic heterocycles. The Morgan fingerprint density at radius 3 is 2.71 bits per heavy atom. The van der Waals surface area contributed by atoms with E-state index in [1.165, 1.54) is 19.4 Å². The van der Waals surface area contributed by atoms with Crippen LogP contribution in [0.1, 0.15) is 33.6 Å². The fourth-order valence-electron chi connectivity index (χ4n) is 4.62. The highest BCUT2D eigenvalue weighted by atomic mass is 15.2. The first-order chi connectivity index (χ1) is 10.1. The average Bonchev–Trinajstić information content (AvgIpc) is 3.29. The summed E-state index contributed by atoms with van der Waals surface area (Å²) in [6.45, 7) is 11.4. The van der Waals surface area contributed by atoms with E-state index in [9.17, 15) is 0 Å². The standard InChI is InChI=1S/C18H31N3/c1-11-6-14(11)15-7-17(15)20-9-12(2)21(5-4-19)10-18-8-16(18)13(18)3/h6,11-13,15-17,20H,4-5,7-10,19H2,1-3H3/t11?,12?,13-,15?,16?,17?,18?/m0/s1. The lowest BCUT2D eigenvalue weighted by molar-refractivity contribution is 0.179. The number of hydrogen-bond acceptors (Lipinski definition) is 3. The van der Waals surface area contributed by atoms with Crippen molar-refractivity contribution in [1.29, 1.82) is 0 Å². The summed E-state index contributed by atoms with van der Waals surface area (Å²) in [5, 5.41) is 3.79. The first-order valence-electron chi connectivity index (χ1n) is 8.96. The van der Waals surface area contributed by atoms with Crippen molar-refractivity contribution < 1.29 is 0 Å². The molecule has 3 fully saturated rings. The molecule has 0 radical (unpaired) electrons. The summed E-state index contributed by atoms with van der Waals surface area (Å²) in [6, 6.07) is 1.37. The Labute approximate surface area is 129 Å². The normalized spacial score (nSPS) is 46.9. The Morgan fingerprint density at radius 2 is 2.19 bits per heavy atom. The van der Waals surface area contributed by atoms with Gasteiger partial charge in [-0.1, -0.05) is 25.5 Å². The van der Waals surface area contributed by atoms with E-state index in [4.69, 9.17) is 5.73 Å². The van der Waals surface area contributed by atoms with Crippen LogP contribution in [0.15, 0.2) is 11.6 Å². The lowest BCUT2D eigenvalue weighted by atomic mass is 10.1. The Hall–Kier alpha value is -0.380. The minimum absolute atomic E-state index is 0.615. The summed E-state index contributed by atoms with van der Waals surface area (Å²) >= 11 is 0. The SMILES string of the molecule is CC1C=C1C1CC1NCC(C)N(CCN)CC12CC1[C@@H]2C. The Kier molecular flexibility index (Phi) is 3.26. The summed E-state index contributed by atoms with van der Waals surface area (Å²) in [6.07, 6.45) is 5.27. The Bertz CT molecular complexity index is 453. The fraction of sp³-hybridized carbons (Fsp3) is 0.889. The molecule has 21 heavy (non-hydrogen) atoms. The molecular formula is C18H31N3. The van der Waals surface area contributed by atoms with Crippen molar-refractivity contribution in [3.63, 3.8) is 0 Å². The molecule has 3 heteroatoms. The molecule has 4 aliphatic rings. The van der Waals surface area contributed by atoms with E-state index in [2.05, 4.69) is 37.1 Å². The minimum Gasteiger partial charge on any atom is -0.329 e. The van der Waals surface area contributed by atoms with Gasteiger partial charge in [0.2, 0.25) is 0 Å². The minimum atomic E-state index is 0.615. The molecule has 0 heterocycles. The number of rotatable bonds is 9. The van der Waals surface area contributed by atoms with Crippen molar-refractivity contribution >= 4 is 0 Å². The van der Waals surface area contributed by atoms with Gasteiger partial charge in [-0.2, -0.15) is 0 Å². The van der Waals surface area contributed by atoms with Crippen molar-refractivity contribution in [2.75, 3.05) is 26.2 Å². The average molecular weight is 289 g/mol. The number of nitrogens with one attached hydrogen (secondary N) is 1. The van der Waals surface area contributed by atoms with Crippen LogP contribution < -0.4 is 11.1 Å². The maximum atomic E-state index is 5.84. The van der Waals surface area contributed by atoms with E-state index in [1.54, 1.807) is 5.57 Å². The molecule has 0 aromatic carbocycles. The fourth-order valence-corrected chi connectivity index (χ4v) is 4.62. The summed E-state index contributed by atoms with van der Waals surface area (Å²) in [4.78, 5) is 2.65. The second-order valence-corrected chi connectivity index (χ2v) is 8.25. The van der Waals surface area contributed by atoms with Crippen LogP contribution in [0.25, 0.3) is 0 Å².